The fraction of sp³-hybridized carbons (Fsp3) is 0.647. The Morgan fingerprint density at radius 2 is 2.08 bits per heavy atom. The number of carbonyl (C=O) groups is 1. The molecule has 2 aliphatic heterocycles. The Kier molecular flexibility index (Phi) is 4.56. The predicted molar refractivity (Wildman–Crippen MR) is 94.8 cm³/mol. The first-order chi connectivity index (χ1) is 11.7. The number of nitrogens with one attached hydrogen (secondary N) is 2. The van der Waals surface area contributed by atoms with E-state index in [-0.39, 0.29) is 11.9 Å². The van der Waals surface area contributed by atoms with E-state index in [1.807, 2.05) is 13.0 Å². The second-order valence-electron chi connectivity index (χ2n) is 6.70. The molecule has 0 saturated carbocycles. The van der Waals surface area contributed by atoms with E-state index in [0.29, 0.717) is 6.04 Å². The molecule has 1 amide bonds. The summed E-state index contributed by atoms with van der Waals surface area (Å²) in [6, 6.07) is 2.68. The highest BCUT2D eigenvalue weighted by Gasteiger charge is 2.24. The molecule has 0 aromatic carbocycles. The third kappa shape index (κ3) is 3.08. The van der Waals surface area contributed by atoms with Gasteiger partial charge in [-0.3, -0.25) is 9.48 Å². The van der Waals surface area contributed by atoms with Crippen LogP contribution in [0.15, 0.2) is 6.07 Å². The van der Waals surface area contributed by atoms with Gasteiger partial charge in [0.1, 0.15) is 4.83 Å². The Bertz CT molecular complexity index is 726. The average molecular weight is 348 g/mol. The van der Waals surface area contributed by atoms with Crippen LogP contribution >= 0.6 is 11.3 Å². The van der Waals surface area contributed by atoms with Crippen LogP contribution in [0.5, 0.6) is 0 Å². The lowest BCUT2D eigenvalue weighted by molar-refractivity contribution is 0.0675. The van der Waals surface area contributed by atoms with Gasteiger partial charge in [0.05, 0.1) is 16.6 Å². The topological polar surface area (TPSA) is 68.2 Å². The highest BCUT2D eigenvalue weighted by Crippen LogP contribution is 2.33. The summed E-state index contributed by atoms with van der Waals surface area (Å²) in [5.41, 5.74) is 1.01. The number of fused-ring (bicyclic) bond motifs is 1. The molecule has 130 valence electrons. The summed E-state index contributed by atoms with van der Waals surface area (Å²) in [4.78, 5) is 14.5. The van der Waals surface area contributed by atoms with Gasteiger partial charge < -0.3 is 15.4 Å². The Hall–Kier alpha value is -1.44. The molecule has 2 aromatic heterocycles. The second kappa shape index (κ2) is 6.82. The van der Waals surface area contributed by atoms with Gasteiger partial charge in [-0.1, -0.05) is 0 Å². The van der Waals surface area contributed by atoms with Crippen molar-refractivity contribution >= 4 is 27.5 Å². The number of rotatable bonds is 3. The Morgan fingerprint density at radius 3 is 2.83 bits per heavy atom. The van der Waals surface area contributed by atoms with E-state index in [0.717, 1.165) is 72.8 Å². The lowest BCUT2D eigenvalue weighted by Crippen LogP contribution is -2.42. The fourth-order valence-corrected chi connectivity index (χ4v) is 4.72. The van der Waals surface area contributed by atoms with Gasteiger partial charge in [0.15, 0.2) is 0 Å². The second-order valence-corrected chi connectivity index (χ2v) is 7.73. The van der Waals surface area contributed by atoms with Gasteiger partial charge in [0.25, 0.3) is 5.91 Å². The van der Waals surface area contributed by atoms with E-state index in [1.54, 1.807) is 11.3 Å². The number of amides is 1. The standard InChI is InChI=1S/C17H24N4O2S/c1-11-14-10-15(16(22)19-12-2-6-18-7-3-12)24-17(14)21(20-11)13-4-8-23-9-5-13/h10,12-13,18H,2-9H2,1H3,(H,19,22). The van der Waals surface area contributed by atoms with Gasteiger partial charge in [-0.25, -0.2) is 0 Å². The zero-order valence-electron chi connectivity index (χ0n) is 14.0. The maximum atomic E-state index is 12.6. The number of aromatic nitrogens is 2. The summed E-state index contributed by atoms with van der Waals surface area (Å²) in [5.74, 6) is 0.0565. The molecule has 0 aliphatic carbocycles. The minimum atomic E-state index is 0.0565. The number of piperidine rings is 1. The number of aryl methyl sites for hydroxylation is 1. The molecule has 2 N–H and O–H groups in total. The molecule has 4 heterocycles. The Morgan fingerprint density at radius 1 is 1.33 bits per heavy atom. The molecule has 7 heteroatoms. The van der Waals surface area contributed by atoms with Gasteiger partial charge in [0.2, 0.25) is 0 Å². The van der Waals surface area contributed by atoms with Crippen LogP contribution in [0.25, 0.3) is 10.2 Å². The van der Waals surface area contributed by atoms with Crippen molar-refractivity contribution < 1.29 is 9.53 Å². The summed E-state index contributed by atoms with van der Waals surface area (Å²) < 4.78 is 7.59. The van der Waals surface area contributed by atoms with Crippen molar-refractivity contribution in [1.29, 1.82) is 0 Å². The molecule has 2 aliphatic rings. The first kappa shape index (κ1) is 16.1. The van der Waals surface area contributed by atoms with Gasteiger partial charge in [-0.2, -0.15) is 5.10 Å². The number of hydrogen-bond donors (Lipinski definition) is 2. The van der Waals surface area contributed by atoms with Crippen molar-refractivity contribution in [2.24, 2.45) is 0 Å². The van der Waals surface area contributed by atoms with Crippen molar-refractivity contribution in [3.63, 3.8) is 0 Å². The molecule has 24 heavy (non-hydrogen) atoms. The molecule has 4 rings (SSSR count). The molecule has 2 aromatic rings. The maximum Gasteiger partial charge on any atom is 0.261 e. The quantitative estimate of drug-likeness (QED) is 0.893. The van der Waals surface area contributed by atoms with Crippen LogP contribution in [0.3, 0.4) is 0 Å². The number of thiophene rings is 1. The van der Waals surface area contributed by atoms with Crippen LogP contribution in [0.1, 0.15) is 47.1 Å². The lowest BCUT2D eigenvalue weighted by Gasteiger charge is -2.23. The number of ether oxygens (including phenoxy) is 1. The van der Waals surface area contributed by atoms with Crippen molar-refractivity contribution in [1.82, 2.24) is 20.4 Å². The highest BCUT2D eigenvalue weighted by molar-refractivity contribution is 7.20. The van der Waals surface area contributed by atoms with E-state index in [9.17, 15) is 4.79 Å². The van der Waals surface area contributed by atoms with E-state index in [4.69, 9.17) is 9.84 Å². The predicted octanol–water partition coefficient (Wildman–Crippen LogP) is 2.24. The zero-order valence-corrected chi connectivity index (χ0v) is 14.8. The highest BCUT2D eigenvalue weighted by atomic mass is 32.1. The Labute approximate surface area is 145 Å². The molecule has 0 spiro atoms. The van der Waals surface area contributed by atoms with Gasteiger partial charge in [0, 0.05) is 24.6 Å². The summed E-state index contributed by atoms with van der Waals surface area (Å²) in [6.07, 6.45) is 3.99. The van der Waals surface area contributed by atoms with E-state index < -0.39 is 0 Å². The zero-order chi connectivity index (χ0) is 16.5. The number of nitrogens with zero attached hydrogens (tertiary/aromatic N) is 2. The normalized spacial score (nSPS) is 20.5. The van der Waals surface area contributed by atoms with Crippen LogP contribution in [0.4, 0.5) is 0 Å². The summed E-state index contributed by atoms with van der Waals surface area (Å²) >= 11 is 1.57. The van der Waals surface area contributed by atoms with Gasteiger partial charge in [-0.05, 0) is 51.8 Å². The fourth-order valence-electron chi connectivity index (χ4n) is 3.58. The van der Waals surface area contributed by atoms with Crippen LogP contribution in [-0.2, 0) is 4.74 Å². The van der Waals surface area contributed by atoms with Crippen molar-refractivity contribution in [3.8, 4) is 0 Å². The minimum absolute atomic E-state index is 0.0565. The molecule has 0 unspecified atom stereocenters. The minimum Gasteiger partial charge on any atom is -0.381 e. The van der Waals surface area contributed by atoms with Crippen molar-refractivity contribution in [2.75, 3.05) is 26.3 Å². The molecule has 0 radical (unpaired) electrons. The van der Waals surface area contributed by atoms with Gasteiger partial charge >= 0.3 is 0 Å². The van der Waals surface area contributed by atoms with Crippen LogP contribution < -0.4 is 10.6 Å². The molecule has 0 bridgehead atoms. The largest absolute Gasteiger partial charge is 0.381 e. The van der Waals surface area contributed by atoms with Crippen molar-refractivity contribution in [3.05, 3.63) is 16.6 Å². The monoisotopic (exact) mass is 348 g/mol. The summed E-state index contributed by atoms with van der Waals surface area (Å²) in [6.45, 7) is 5.57. The van der Waals surface area contributed by atoms with E-state index in [1.165, 1.54) is 0 Å². The van der Waals surface area contributed by atoms with E-state index >= 15 is 0 Å². The van der Waals surface area contributed by atoms with Crippen LogP contribution in [-0.4, -0.2) is 48.0 Å². The first-order valence-electron chi connectivity index (χ1n) is 8.80. The van der Waals surface area contributed by atoms with E-state index in [2.05, 4.69) is 15.3 Å². The molecule has 6 nitrogen and oxygen atoms in total. The summed E-state index contributed by atoms with van der Waals surface area (Å²) in [7, 11) is 0. The first-order valence-corrected chi connectivity index (χ1v) is 9.62. The maximum absolute atomic E-state index is 12.6. The third-order valence-corrected chi connectivity index (χ3v) is 6.13. The average Bonchev–Trinajstić information content (AvgIpc) is 3.18. The molecular weight excluding hydrogens is 324 g/mol. The van der Waals surface area contributed by atoms with Crippen molar-refractivity contribution in [2.45, 2.75) is 44.7 Å². The van der Waals surface area contributed by atoms with Gasteiger partial charge in [-0.15, -0.1) is 11.3 Å². The molecule has 2 fully saturated rings. The third-order valence-electron chi connectivity index (χ3n) is 5.00. The summed E-state index contributed by atoms with van der Waals surface area (Å²) in [5, 5.41) is 12.3. The molecule has 2 saturated heterocycles. The number of hydrogen-bond acceptors (Lipinski definition) is 5. The molecular formula is C17H24N4O2S. The van der Waals surface area contributed by atoms with Crippen LogP contribution in [0, 0.1) is 6.92 Å². The Balaban J connectivity index is 1.57. The SMILES string of the molecule is Cc1nn(C2CCOCC2)c2sc(C(=O)NC3CCNCC3)cc12. The smallest absolute Gasteiger partial charge is 0.261 e. The molecule has 0 atom stereocenters. The lowest BCUT2D eigenvalue weighted by atomic mass is 10.1. The number of carbonyl (C=O) groups excluding carboxylic acids is 1. The van der Waals surface area contributed by atoms with Crippen LogP contribution in [0.2, 0.25) is 0 Å².